The molecule has 1 N–H and O–H groups in total. The number of hydrogen-bond acceptors (Lipinski definition) is 4. The molecule has 0 aliphatic heterocycles. The van der Waals surface area contributed by atoms with Gasteiger partial charge in [-0.1, -0.05) is 59.7 Å². The van der Waals surface area contributed by atoms with Crippen LogP contribution in [0.2, 0.25) is 0 Å². The molecule has 4 aromatic rings. The van der Waals surface area contributed by atoms with Gasteiger partial charge >= 0.3 is 0 Å². The minimum absolute atomic E-state index is 0.150. The van der Waals surface area contributed by atoms with Crippen LogP contribution in [0, 0.1) is 32.3 Å². The summed E-state index contributed by atoms with van der Waals surface area (Å²) >= 11 is 4.27. The van der Waals surface area contributed by atoms with E-state index in [2.05, 4.69) is 56.2 Å². The number of rotatable bonds is 4. The Labute approximate surface area is 213 Å². The van der Waals surface area contributed by atoms with E-state index < -0.39 is 0 Å². The highest BCUT2D eigenvalue weighted by molar-refractivity contribution is 14.1. The lowest BCUT2D eigenvalue weighted by Crippen LogP contribution is -1.88. The molecule has 6 heteroatoms. The Kier molecular flexibility index (Phi) is 6.67. The Morgan fingerprint density at radius 3 is 2.12 bits per heavy atom. The molecule has 3 aromatic carbocycles. The van der Waals surface area contributed by atoms with Crippen LogP contribution in [0.5, 0.6) is 5.75 Å². The first-order valence-electron chi connectivity index (χ1n) is 9.80. The Hall–Kier alpha value is -2.64. The largest absolute Gasteiger partial charge is 0.506 e. The Balaban J connectivity index is 1.91. The quantitative estimate of drug-likeness (QED) is 0.182. The highest BCUT2D eigenvalue weighted by atomic mass is 127. The number of furan rings is 1. The van der Waals surface area contributed by atoms with Gasteiger partial charge in [0.15, 0.2) is 0 Å². The molecule has 0 saturated carbocycles. The highest BCUT2D eigenvalue weighted by Crippen LogP contribution is 2.42. The van der Waals surface area contributed by atoms with Crippen LogP contribution < -0.4 is 0 Å². The van der Waals surface area contributed by atoms with Gasteiger partial charge in [-0.3, -0.25) is 0 Å². The van der Waals surface area contributed by atoms with Gasteiger partial charge in [0.2, 0.25) is 5.88 Å². The van der Waals surface area contributed by atoms with Gasteiger partial charge in [0.25, 0.3) is 0 Å². The fourth-order valence-corrected chi connectivity index (χ4v) is 5.22. The van der Waals surface area contributed by atoms with E-state index in [9.17, 15) is 10.4 Å². The number of phenols is 1. The van der Waals surface area contributed by atoms with Crippen molar-refractivity contribution >= 4 is 57.3 Å². The van der Waals surface area contributed by atoms with Gasteiger partial charge in [-0.2, -0.15) is 5.26 Å². The van der Waals surface area contributed by atoms with Gasteiger partial charge in [0, 0.05) is 26.5 Å². The zero-order valence-corrected chi connectivity index (χ0v) is 21.7. The summed E-state index contributed by atoms with van der Waals surface area (Å²) in [5.74, 6) is 0.961. The number of benzene rings is 3. The molecule has 0 amide bonds. The van der Waals surface area contributed by atoms with E-state index in [4.69, 9.17) is 4.42 Å². The van der Waals surface area contributed by atoms with E-state index in [1.807, 2.05) is 74.5 Å². The lowest BCUT2D eigenvalue weighted by atomic mass is 9.97. The number of nitrogens with zero attached hydrogens (tertiary/aromatic N) is 2. The minimum atomic E-state index is 0.150. The Morgan fingerprint density at radius 1 is 0.938 bits per heavy atom. The summed E-state index contributed by atoms with van der Waals surface area (Å²) in [5, 5.41) is 20.4. The average molecular weight is 644 g/mol. The van der Waals surface area contributed by atoms with Crippen LogP contribution in [-0.2, 0) is 0 Å². The van der Waals surface area contributed by atoms with Crippen molar-refractivity contribution in [3.05, 3.63) is 90.1 Å². The molecular weight excluding hydrogens is 626 g/mol. The summed E-state index contributed by atoms with van der Waals surface area (Å²) in [4.78, 5) is 4.48. The summed E-state index contributed by atoms with van der Waals surface area (Å²) in [5.41, 5.74) is 5.67. The molecule has 4 rings (SSSR count). The van der Waals surface area contributed by atoms with E-state index in [1.165, 1.54) is 6.21 Å². The molecule has 0 atom stereocenters. The molecule has 0 saturated heterocycles. The molecule has 0 radical (unpaired) electrons. The predicted octanol–water partition coefficient (Wildman–Crippen LogP) is 7.77. The van der Waals surface area contributed by atoms with Crippen molar-refractivity contribution in [2.24, 2.45) is 4.99 Å². The van der Waals surface area contributed by atoms with Crippen LogP contribution in [0.3, 0.4) is 0 Å². The van der Waals surface area contributed by atoms with E-state index >= 15 is 0 Å². The molecule has 1 aromatic heterocycles. The minimum Gasteiger partial charge on any atom is -0.506 e. The van der Waals surface area contributed by atoms with Crippen molar-refractivity contribution in [1.82, 2.24) is 0 Å². The molecule has 0 fully saturated rings. The summed E-state index contributed by atoms with van der Waals surface area (Å²) in [6, 6.07) is 22.0. The van der Waals surface area contributed by atoms with E-state index in [0.717, 1.165) is 29.4 Å². The first-order chi connectivity index (χ1) is 15.4. The van der Waals surface area contributed by atoms with Crippen LogP contribution in [0.1, 0.15) is 22.3 Å². The Bertz CT molecular complexity index is 1360. The summed E-state index contributed by atoms with van der Waals surface area (Å²) in [7, 11) is 0. The molecule has 0 spiro atoms. The zero-order valence-electron chi connectivity index (χ0n) is 17.4. The third kappa shape index (κ3) is 4.59. The van der Waals surface area contributed by atoms with Crippen molar-refractivity contribution < 1.29 is 9.52 Å². The number of hydrogen-bond donors (Lipinski definition) is 1. The van der Waals surface area contributed by atoms with Gasteiger partial charge in [-0.25, -0.2) is 4.99 Å². The second kappa shape index (κ2) is 9.46. The molecule has 4 nitrogen and oxygen atoms in total. The van der Waals surface area contributed by atoms with E-state index in [1.54, 1.807) is 0 Å². The maximum absolute atomic E-state index is 10.4. The maximum Gasteiger partial charge on any atom is 0.238 e. The molecule has 32 heavy (non-hydrogen) atoms. The SMILES string of the molecule is Cc1ccc(-c2oc(N=Cc3cc(I)cc(I)c3O)c(C#N)c2-c2ccc(C)cc2)cc1. The number of aliphatic imine (C=N–C) groups is 1. The molecular formula is C26H18I2N2O2. The van der Waals surface area contributed by atoms with E-state index in [-0.39, 0.29) is 11.6 Å². The second-order valence-corrected chi connectivity index (χ2v) is 9.82. The lowest BCUT2D eigenvalue weighted by Gasteiger charge is -2.05. The molecule has 0 unspecified atom stereocenters. The summed E-state index contributed by atoms with van der Waals surface area (Å²) < 4.78 is 7.88. The number of aryl methyl sites for hydroxylation is 2. The fourth-order valence-electron chi connectivity index (χ4n) is 3.33. The van der Waals surface area contributed by atoms with Gasteiger partial charge in [-0.05, 0) is 76.7 Å². The second-order valence-electron chi connectivity index (χ2n) is 7.41. The highest BCUT2D eigenvalue weighted by Gasteiger charge is 2.23. The van der Waals surface area contributed by atoms with Crippen LogP contribution in [0.15, 0.2) is 70.1 Å². The topological polar surface area (TPSA) is 69.5 Å². The van der Waals surface area contributed by atoms with E-state index in [0.29, 0.717) is 22.5 Å². The zero-order chi connectivity index (χ0) is 22.8. The molecule has 1 heterocycles. The molecule has 158 valence electrons. The predicted molar refractivity (Wildman–Crippen MR) is 145 cm³/mol. The standard InChI is InChI=1S/C26H18I2N2O2/c1-15-3-7-17(8-4-15)23-21(13-29)26(32-25(23)18-9-5-16(2)6-10-18)30-14-19-11-20(27)12-22(28)24(19)31/h3-12,14,31H,1-2H3. The smallest absolute Gasteiger partial charge is 0.238 e. The van der Waals surface area contributed by atoms with Gasteiger partial charge < -0.3 is 9.52 Å². The summed E-state index contributed by atoms with van der Waals surface area (Å²) in [6.07, 6.45) is 1.54. The molecule has 0 aliphatic rings. The average Bonchev–Trinajstić information content (AvgIpc) is 3.14. The van der Waals surface area contributed by atoms with Crippen molar-refractivity contribution in [1.29, 1.82) is 5.26 Å². The van der Waals surface area contributed by atoms with Crippen molar-refractivity contribution in [3.8, 4) is 34.3 Å². The van der Waals surface area contributed by atoms with Crippen molar-refractivity contribution in [2.45, 2.75) is 13.8 Å². The maximum atomic E-state index is 10.4. The molecule has 0 bridgehead atoms. The van der Waals surface area contributed by atoms with Crippen LogP contribution >= 0.6 is 45.2 Å². The van der Waals surface area contributed by atoms with Crippen molar-refractivity contribution in [3.63, 3.8) is 0 Å². The number of halogens is 2. The normalized spacial score (nSPS) is 11.1. The first-order valence-corrected chi connectivity index (χ1v) is 12.0. The lowest BCUT2D eigenvalue weighted by molar-refractivity contribution is 0.470. The van der Waals surface area contributed by atoms with Crippen LogP contribution in [-0.4, -0.2) is 11.3 Å². The number of aromatic hydroxyl groups is 1. The van der Waals surface area contributed by atoms with Crippen LogP contribution in [0.25, 0.3) is 22.5 Å². The van der Waals surface area contributed by atoms with Crippen LogP contribution in [0.4, 0.5) is 5.88 Å². The van der Waals surface area contributed by atoms with Gasteiger partial charge in [0.1, 0.15) is 23.1 Å². The molecule has 0 aliphatic carbocycles. The third-order valence-corrected chi connectivity index (χ3v) is 6.48. The monoisotopic (exact) mass is 644 g/mol. The summed E-state index contributed by atoms with van der Waals surface area (Å²) in [6.45, 7) is 4.05. The number of nitriles is 1. The first kappa shape index (κ1) is 22.6. The van der Waals surface area contributed by atoms with Gasteiger partial charge in [-0.15, -0.1) is 0 Å². The Morgan fingerprint density at radius 2 is 1.53 bits per heavy atom. The fraction of sp³-hybridized carbons (Fsp3) is 0.0769. The van der Waals surface area contributed by atoms with Gasteiger partial charge in [0.05, 0.1) is 3.57 Å². The third-order valence-electron chi connectivity index (χ3n) is 5.03. The number of phenolic OH excluding ortho intramolecular Hbond substituents is 1. The van der Waals surface area contributed by atoms with Crippen molar-refractivity contribution in [2.75, 3.05) is 0 Å².